The van der Waals surface area contributed by atoms with E-state index in [0.717, 1.165) is 31.8 Å². The number of halogens is 1. The van der Waals surface area contributed by atoms with Crippen LogP contribution in [0.2, 0.25) is 0 Å². The number of rotatable bonds is 6. The fourth-order valence-electron chi connectivity index (χ4n) is 1.20. The Morgan fingerprint density at radius 2 is 2.38 bits per heavy atom. The molecule has 1 aromatic rings. The van der Waals surface area contributed by atoms with Gasteiger partial charge in [-0.25, -0.2) is 4.98 Å². The molecule has 0 amide bonds. The first kappa shape index (κ1) is 10.5. The van der Waals surface area contributed by atoms with Crippen molar-refractivity contribution in [2.45, 2.75) is 25.3 Å². The van der Waals surface area contributed by atoms with E-state index in [-0.39, 0.29) is 0 Å². The van der Waals surface area contributed by atoms with Crippen molar-refractivity contribution >= 4 is 11.6 Å². The van der Waals surface area contributed by atoms with Crippen molar-refractivity contribution in [3.05, 3.63) is 18.2 Å². The summed E-state index contributed by atoms with van der Waals surface area (Å²) in [7, 11) is 1.72. The summed E-state index contributed by atoms with van der Waals surface area (Å²) in [6, 6.07) is 0. The van der Waals surface area contributed by atoms with Crippen molar-refractivity contribution in [1.29, 1.82) is 0 Å². The van der Waals surface area contributed by atoms with Gasteiger partial charge in [0.25, 0.3) is 0 Å². The molecule has 0 saturated carbocycles. The Balaban J connectivity index is 2.27. The molecule has 0 aliphatic heterocycles. The monoisotopic (exact) mass is 202 g/mol. The van der Waals surface area contributed by atoms with E-state index in [2.05, 4.69) is 9.55 Å². The number of unbranched alkanes of at least 4 members (excludes halogenated alkanes) is 1. The van der Waals surface area contributed by atoms with Crippen LogP contribution >= 0.6 is 11.6 Å². The number of nitrogens with zero attached hydrogens (tertiary/aromatic N) is 2. The van der Waals surface area contributed by atoms with Crippen LogP contribution < -0.4 is 0 Å². The Morgan fingerprint density at radius 1 is 1.54 bits per heavy atom. The standard InChI is InChI=1S/C9H15ClN2O/c1-13-7-3-2-5-12-6-4-11-9(12)8-10/h4,6H,2-3,5,7-8H2,1H3. The van der Waals surface area contributed by atoms with Crippen LogP contribution in [-0.2, 0) is 17.2 Å². The van der Waals surface area contributed by atoms with E-state index in [1.807, 2.05) is 6.20 Å². The number of hydrogen-bond donors (Lipinski definition) is 0. The normalized spacial score (nSPS) is 10.6. The van der Waals surface area contributed by atoms with Crippen molar-refractivity contribution in [2.75, 3.05) is 13.7 Å². The molecule has 1 heterocycles. The summed E-state index contributed by atoms with van der Waals surface area (Å²) in [6.45, 7) is 1.80. The van der Waals surface area contributed by atoms with Gasteiger partial charge in [-0.05, 0) is 12.8 Å². The summed E-state index contributed by atoms with van der Waals surface area (Å²) >= 11 is 5.71. The van der Waals surface area contributed by atoms with Crippen molar-refractivity contribution in [3.8, 4) is 0 Å². The molecule has 0 radical (unpaired) electrons. The van der Waals surface area contributed by atoms with Gasteiger partial charge in [-0.15, -0.1) is 11.6 Å². The Kier molecular flexibility index (Phi) is 4.86. The van der Waals surface area contributed by atoms with Crippen LogP contribution in [0.3, 0.4) is 0 Å². The Morgan fingerprint density at radius 3 is 3.08 bits per heavy atom. The molecule has 1 rings (SSSR count). The number of hydrogen-bond acceptors (Lipinski definition) is 2. The lowest BCUT2D eigenvalue weighted by Gasteiger charge is -2.04. The van der Waals surface area contributed by atoms with Crippen LogP contribution in [0.15, 0.2) is 12.4 Å². The van der Waals surface area contributed by atoms with Crippen molar-refractivity contribution < 1.29 is 4.74 Å². The number of imidazole rings is 1. The maximum Gasteiger partial charge on any atom is 0.123 e. The van der Waals surface area contributed by atoms with Gasteiger partial charge >= 0.3 is 0 Å². The predicted molar refractivity (Wildman–Crippen MR) is 52.9 cm³/mol. The second-order valence-corrected chi connectivity index (χ2v) is 3.14. The quantitative estimate of drug-likeness (QED) is 0.522. The van der Waals surface area contributed by atoms with Gasteiger partial charge in [0.2, 0.25) is 0 Å². The largest absolute Gasteiger partial charge is 0.385 e. The van der Waals surface area contributed by atoms with E-state index in [9.17, 15) is 0 Å². The average molecular weight is 203 g/mol. The number of aromatic nitrogens is 2. The van der Waals surface area contributed by atoms with Crippen LogP contribution in [0.25, 0.3) is 0 Å². The first-order valence-corrected chi connectivity index (χ1v) is 4.97. The highest BCUT2D eigenvalue weighted by atomic mass is 35.5. The molecule has 0 fully saturated rings. The van der Waals surface area contributed by atoms with Crippen LogP contribution in [0.4, 0.5) is 0 Å². The second kappa shape index (κ2) is 6.00. The van der Waals surface area contributed by atoms with Crippen LogP contribution in [-0.4, -0.2) is 23.3 Å². The highest BCUT2D eigenvalue weighted by Gasteiger charge is 1.99. The van der Waals surface area contributed by atoms with Gasteiger partial charge in [0.1, 0.15) is 5.82 Å². The predicted octanol–water partition coefficient (Wildman–Crippen LogP) is 2.05. The summed E-state index contributed by atoms with van der Waals surface area (Å²) in [4.78, 5) is 4.13. The van der Waals surface area contributed by atoms with Gasteiger partial charge < -0.3 is 9.30 Å². The number of alkyl halides is 1. The molecule has 0 aliphatic carbocycles. The Bertz CT molecular complexity index is 237. The molecule has 0 aliphatic rings. The number of ether oxygens (including phenoxy) is 1. The minimum atomic E-state index is 0.483. The molecule has 0 bridgehead atoms. The van der Waals surface area contributed by atoms with Gasteiger partial charge in [0.15, 0.2) is 0 Å². The van der Waals surface area contributed by atoms with E-state index in [0.29, 0.717) is 5.88 Å². The third-order valence-corrected chi connectivity index (χ3v) is 2.16. The molecule has 13 heavy (non-hydrogen) atoms. The summed E-state index contributed by atoms with van der Waals surface area (Å²) in [5.74, 6) is 1.43. The van der Waals surface area contributed by atoms with Crippen molar-refractivity contribution in [3.63, 3.8) is 0 Å². The molecule has 0 saturated heterocycles. The zero-order chi connectivity index (χ0) is 9.52. The summed E-state index contributed by atoms with van der Waals surface area (Å²) in [5, 5.41) is 0. The molecule has 0 spiro atoms. The lowest BCUT2D eigenvalue weighted by atomic mass is 10.3. The third kappa shape index (κ3) is 3.36. The fraction of sp³-hybridized carbons (Fsp3) is 0.667. The minimum Gasteiger partial charge on any atom is -0.385 e. The van der Waals surface area contributed by atoms with Crippen molar-refractivity contribution in [2.24, 2.45) is 0 Å². The van der Waals surface area contributed by atoms with E-state index in [1.54, 1.807) is 13.3 Å². The molecule has 74 valence electrons. The zero-order valence-electron chi connectivity index (χ0n) is 7.87. The van der Waals surface area contributed by atoms with Crippen LogP contribution in [0, 0.1) is 0 Å². The Hall–Kier alpha value is -0.540. The molecule has 0 unspecified atom stereocenters. The zero-order valence-corrected chi connectivity index (χ0v) is 8.63. The van der Waals surface area contributed by atoms with Crippen LogP contribution in [0.5, 0.6) is 0 Å². The third-order valence-electron chi connectivity index (χ3n) is 1.92. The lowest BCUT2D eigenvalue weighted by molar-refractivity contribution is 0.191. The highest BCUT2D eigenvalue weighted by Crippen LogP contribution is 2.03. The molecule has 0 atom stereocenters. The van der Waals surface area contributed by atoms with E-state index >= 15 is 0 Å². The van der Waals surface area contributed by atoms with Crippen molar-refractivity contribution in [1.82, 2.24) is 9.55 Å². The van der Waals surface area contributed by atoms with Crippen LogP contribution in [0.1, 0.15) is 18.7 Å². The molecule has 0 N–H and O–H groups in total. The summed E-state index contributed by atoms with van der Waals surface area (Å²) in [5.41, 5.74) is 0. The number of aryl methyl sites for hydroxylation is 1. The number of methoxy groups -OCH3 is 1. The van der Waals surface area contributed by atoms with E-state index in [1.165, 1.54) is 0 Å². The molecule has 4 heteroatoms. The maximum absolute atomic E-state index is 5.71. The van der Waals surface area contributed by atoms with Gasteiger partial charge in [-0.3, -0.25) is 0 Å². The highest BCUT2D eigenvalue weighted by molar-refractivity contribution is 6.16. The SMILES string of the molecule is COCCCCn1ccnc1CCl. The van der Waals surface area contributed by atoms with Gasteiger partial charge in [0, 0.05) is 32.7 Å². The minimum absolute atomic E-state index is 0.483. The molecular formula is C9H15ClN2O. The fourth-order valence-corrected chi connectivity index (χ4v) is 1.43. The summed E-state index contributed by atoms with van der Waals surface area (Å²) in [6.07, 6.45) is 5.93. The average Bonchev–Trinajstić information content (AvgIpc) is 2.60. The van der Waals surface area contributed by atoms with Gasteiger partial charge in [0.05, 0.1) is 5.88 Å². The van der Waals surface area contributed by atoms with Gasteiger partial charge in [-0.2, -0.15) is 0 Å². The van der Waals surface area contributed by atoms with Gasteiger partial charge in [-0.1, -0.05) is 0 Å². The smallest absolute Gasteiger partial charge is 0.123 e. The Labute approximate surface area is 83.7 Å². The first-order valence-electron chi connectivity index (χ1n) is 4.43. The lowest BCUT2D eigenvalue weighted by Crippen LogP contribution is -2.02. The summed E-state index contributed by atoms with van der Waals surface area (Å²) < 4.78 is 7.05. The topological polar surface area (TPSA) is 27.1 Å². The second-order valence-electron chi connectivity index (χ2n) is 2.87. The molecule has 1 aromatic heterocycles. The molecular weight excluding hydrogens is 188 g/mol. The molecule has 0 aromatic carbocycles. The van der Waals surface area contributed by atoms with E-state index in [4.69, 9.17) is 16.3 Å². The molecule has 3 nitrogen and oxygen atoms in total. The first-order chi connectivity index (χ1) is 6.38. The van der Waals surface area contributed by atoms with E-state index < -0.39 is 0 Å². The maximum atomic E-state index is 5.71.